The molecule has 0 saturated heterocycles. The van der Waals surface area contributed by atoms with Gasteiger partial charge < -0.3 is 20.3 Å². The van der Waals surface area contributed by atoms with E-state index in [9.17, 15) is 9.59 Å². The fraction of sp³-hybridized carbons (Fsp3) is 0.368. The number of amides is 2. The number of carbonyl (C=O) groups is 2. The lowest BCUT2D eigenvalue weighted by molar-refractivity contribution is -0.139. The zero-order chi connectivity index (χ0) is 18.5. The third-order valence-electron chi connectivity index (χ3n) is 4.42. The molecule has 1 aromatic carbocycles. The molecule has 3 rings (SSSR count). The molecule has 0 aliphatic carbocycles. The van der Waals surface area contributed by atoms with Gasteiger partial charge in [-0.05, 0) is 53.7 Å². The van der Waals surface area contributed by atoms with Gasteiger partial charge in [0.15, 0.2) is 0 Å². The standard InChI is InChI=1S/C19H23N3O3S/c1-22(2)16(14-3-4-17-15(9-14)5-7-25-17)11-21-19(24)18(23)20-10-13-6-8-26-12-13/h3-4,6,8-9,12,16H,5,7,10-11H2,1-2H3,(H,20,23)(H,21,24). The molecule has 0 fully saturated rings. The summed E-state index contributed by atoms with van der Waals surface area (Å²) in [6.45, 7) is 1.43. The van der Waals surface area contributed by atoms with Gasteiger partial charge in [0, 0.05) is 19.5 Å². The van der Waals surface area contributed by atoms with E-state index in [4.69, 9.17) is 4.74 Å². The van der Waals surface area contributed by atoms with Crippen LogP contribution >= 0.6 is 11.3 Å². The highest BCUT2D eigenvalue weighted by Gasteiger charge is 2.21. The first-order valence-electron chi connectivity index (χ1n) is 8.53. The third kappa shape index (κ3) is 4.42. The first-order valence-corrected chi connectivity index (χ1v) is 9.48. The Morgan fingerprint density at radius 2 is 2.04 bits per heavy atom. The summed E-state index contributed by atoms with van der Waals surface area (Å²) in [6, 6.07) is 8.01. The third-order valence-corrected chi connectivity index (χ3v) is 5.15. The summed E-state index contributed by atoms with van der Waals surface area (Å²) >= 11 is 1.56. The van der Waals surface area contributed by atoms with Crippen LogP contribution in [0.15, 0.2) is 35.0 Å². The van der Waals surface area contributed by atoms with Gasteiger partial charge in [-0.3, -0.25) is 9.59 Å². The number of benzene rings is 1. The second kappa shape index (κ2) is 8.33. The van der Waals surface area contributed by atoms with Gasteiger partial charge in [-0.25, -0.2) is 0 Å². The smallest absolute Gasteiger partial charge is 0.309 e. The van der Waals surface area contributed by atoms with Crippen molar-refractivity contribution in [2.24, 2.45) is 0 Å². The van der Waals surface area contributed by atoms with E-state index in [-0.39, 0.29) is 6.04 Å². The lowest BCUT2D eigenvalue weighted by atomic mass is 10.0. The molecule has 138 valence electrons. The molecule has 0 saturated carbocycles. The molecule has 1 unspecified atom stereocenters. The number of thiophene rings is 1. The lowest BCUT2D eigenvalue weighted by Gasteiger charge is -2.25. The van der Waals surface area contributed by atoms with Gasteiger partial charge in [-0.15, -0.1) is 0 Å². The molecule has 1 aliphatic rings. The maximum atomic E-state index is 12.1. The summed E-state index contributed by atoms with van der Waals surface area (Å²) in [5, 5.41) is 9.25. The van der Waals surface area contributed by atoms with Gasteiger partial charge >= 0.3 is 11.8 Å². The van der Waals surface area contributed by atoms with Crippen LogP contribution in [0.4, 0.5) is 0 Å². The van der Waals surface area contributed by atoms with Crippen LogP contribution in [0.5, 0.6) is 5.75 Å². The molecule has 6 nitrogen and oxygen atoms in total. The largest absolute Gasteiger partial charge is 0.493 e. The van der Waals surface area contributed by atoms with E-state index < -0.39 is 11.8 Å². The van der Waals surface area contributed by atoms with Crippen molar-refractivity contribution < 1.29 is 14.3 Å². The number of nitrogens with zero attached hydrogens (tertiary/aromatic N) is 1. The Hall–Kier alpha value is -2.38. The molecule has 0 spiro atoms. The highest BCUT2D eigenvalue weighted by Crippen LogP contribution is 2.29. The van der Waals surface area contributed by atoms with Crippen LogP contribution in [0.2, 0.25) is 0 Å². The average Bonchev–Trinajstić information content (AvgIpc) is 3.30. The number of nitrogens with one attached hydrogen (secondary N) is 2. The Labute approximate surface area is 157 Å². The minimum atomic E-state index is -0.615. The quantitative estimate of drug-likeness (QED) is 0.757. The molecule has 2 N–H and O–H groups in total. The maximum absolute atomic E-state index is 12.1. The van der Waals surface area contributed by atoms with Crippen LogP contribution in [0.3, 0.4) is 0 Å². The van der Waals surface area contributed by atoms with E-state index in [1.54, 1.807) is 11.3 Å². The normalized spacial score (nSPS) is 13.8. The highest BCUT2D eigenvalue weighted by atomic mass is 32.1. The van der Waals surface area contributed by atoms with E-state index in [2.05, 4.69) is 16.7 Å². The van der Waals surface area contributed by atoms with Crippen molar-refractivity contribution in [1.82, 2.24) is 15.5 Å². The van der Waals surface area contributed by atoms with Crippen molar-refractivity contribution in [2.75, 3.05) is 27.2 Å². The van der Waals surface area contributed by atoms with E-state index in [0.717, 1.165) is 23.3 Å². The van der Waals surface area contributed by atoms with E-state index >= 15 is 0 Å². The van der Waals surface area contributed by atoms with Crippen LogP contribution in [0, 0.1) is 0 Å². The minimum Gasteiger partial charge on any atom is -0.493 e. The van der Waals surface area contributed by atoms with E-state index in [1.807, 2.05) is 48.0 Å². The van der Waals surface area contributed by atoms with Crippen molar-refractivity contribution in [1.29, 1.82) is 0 Å². The van der Waals surface area contributed by atoms with Crippen molar-refractivity contribution >= 4 is 23.2 Å². The van der Waals surface area contributed by atoms with Crippen LogP contribution in [0.25, 0.3) is 0 Å². The Kier molecular flexibility index (Phi) is 5.90. The van der Waals surface area contributed by atoms with Crippen molar-refractivity contribution in [3.05, 3.63) is 51.7 Å². The molecule has 7 heteroatoms. The van der Waals surface area contributed by atoms with Crippen LogP contribution in [-0.4, -0.2) is 44.0 Å². The summed E-state index contributed by atoms with van der Waals surface area (Å²) in [7, 11) is 3.91. The first kappa shape index (κ1) is 18.4. The lowest BCUT2D eigenvalue weighted by Crippen LogP contribution is -2.42. The number of hydrogen-bond acceptors (Lipinski definition) is 5. The van der Waals surface area contributed by atoms with Crippen molar-refractivity contribution in [3.8, 4) is 5.75 Å². The summed E-state index contributed by atoms with van der Waals surface area (Å²) in [6.07, 6.45) is 0.903. The molecule has 0 radical (unpaired) electrons. The molecule has 1 aliphatic heterocycles. The summed E-state index contributed by atoms with van der Waals surface area (Å²) in [4.78, 5) is 26.1. The molecule has 1 aromatic heterocycles. The average molecular weight is 373 g/mol. The van der Waals surface area contributed by atoms with Crippen LogP contribution in [0.1, 0.15) is 22.7 Å². The monoisotopic (exact) mass is 373 g/mol. The van der Waals surface area contributed by atoms with Gasteiger partial charge in [-0.1, -0.05) is 12.1 Å². The van der Waals surface area contributed by atoms with Crippen molar-refractivity contribution in [2.45, 2.75) is 19.0 Å². The number of fused-ring (bicyclic) bond motifs is 1. The summed E-state index contributed by atoms with van der Waals surface area (Å²) < 4.78 is 5.55. The van der Waals surface area contributed by atoms with Crippen LogP contribution < -0.4 is 15.4 Å². The minimum absolute atomic E-state index is 0.0190. The Balaban J connectivity index is 1.56. The number of carbonyl (C=O) groups excluding carboxylic acids is 2. The van der Waals surface area contributed by atoms with E-state index in [0.29, 0.717) is 19.7 Å². The van der Waals surface area contributed by atoms with Gasteiger partial charge in [0.2, 0.25) is 0 Å². The molecular formula is C19H23N3O3S. The predicted molar refractivity (Wildman–Crippen MR) is 101 cm³/mol. The van der Waals surface area contributed by atoms with Crippen molar-refractivity contribution in [3.63, 3.8) is 0 Å². The van der Waals surface area contributed by atoms with Gasteiger partial charge in [0.1, 0.15) is 5.75 Å². The fourth-order valence-corrected chi connectivity index (χ4v) is 3.61. The summed E-state index contributed by atoms with van der Waals surface area (Å²) in [5.41, 5.74) is 3.27. The second-order valence-electron chi connectivity index (χ2n) is 6.47. The Bertz CT molecular complexity index is 774. The first-order chi connectivity index (χ1) is 12.5. The Morgan fingerprint density at radius 1 is 1.23 bits per heavy atom. The Morgan fingerprint density at radius 3 is 2.77 bits per heavy atom. The molecule has 2 amide bonds. The molecule has 2 aromatic rings. The topological polar surface area (TPSA) is 70.7 Å². The highest BCUT2D eigenvalue weighted by molar-refractivity contribution is 7.07. The molecule has 26 heavy (non-hydrogen) atoms. The second-order valence-corrected chi connectivity index (χ2v) is 7.25. The number of hydrogen-bond donors (Lipinski definition) is 2. The van der Waals surface area contributed by atoms with E-state index in [1.165, 1.54) is 5.56 Å². The van der Waals surface area contributed by atoms with Gasteiger partial charge in [0.05, 0.1) is 12.6 Å². The zero-order valence-corrected chi connectivity index (χ0v) is 15.8. The number of likely N-dealkylation sites (N-methyl/N-ethyl adjacent to an activating group) is 1. The van der Waals surface area contributed by atoms with Crippen LogP contribution in [-0.2, 0) is 22.6 Å². The van der Waals surface area contributed by atoms with Gasteiger partial charge in [0.25, 0.3) is 0 Å². The SMILES string of the molecule is CN(C)C(CNC(=O)C(=O)NCc1ccsc1)c1ccc2c(c1)CCO2. The van der Waals surface area contributed by atoms with Gasteiger partial charge in [-0.2, -0.15) is 11.3 Å². The summed E-state index contributed by atoms with van der Waals surface area (Å²) in [5.74, 6) is -0.296. The molecular weight excluding hydrogens is 350 g/mol. The number of rotatable bonds is 6. The maximum Gasteiger partial charge on any atom is 0.309 e. The fourth-order valence-electron chi connectivity index (χ4n) is 2.94. The molecule has 0 bridgehead atoms. The molecule has 1 atom stereocenters. The molecule has 2 heterocycles. The number of ether oxygens (including phenoxy) is 1. The predicted octanol–water partition coefficient (Wildman–Crippen LogP) is 1.72. The zero-order valence-electron chi connectivity index (χ0n) is 15.0.